The molecule has 1 aliphatic heterocycles. The Morgan fingerprint density at radius 3 is 2.53 bits per heavy atom. The van der Waals surface area contributed by atoms with Crippen LogP contribution in [-0.2, 0) is 11.3 Å². The van der Waals surface area contributed by atoms with Crippen LogP contribution in [0.15, 0.2) is 59.5 Å². The van der Waals surface area contributed by atoms with Gasteiger partial charge >= 0.3 is 5.97 Å². The molecule has 0 atom stereocenters. The quantitative estimate of drug-likeness (QED) is 0.111. The van der Waals surface area contributed by atoms with Gasteiger partial charge in [-0.05, 0) is 107 Å². The van der Waals surface area contributed by atoms with E-state index >= 15 is 0 Å². The SMILES string of the molecule is CCOc1cc(/C=C2\SC(=O)N(Cc3ccc(F)cc3Cl)C2=O)cc(I)c1OC(=O)c1ccc(OC)cc1. The van der Waals surface area contributed by atoms with Gasteiger partial charge in [-0.1, -0.05) is 17.7 Å². The fraction of sp³-hybridized carbons (Fsp3) is 0.148. The molecule has 2 amide bonds. The number of carbonyl (C=O) groups is 3. The molecular formula is C27H20ClFINO6S. The Hall–Kier alpha value is -3.09. The smallest absolute Gasteiger partial charge is 0.343 e. The number of imide groups is 1. The summed E-state index contributed by atoms with van der Waals surface area (Å²) in [5, 5.41) is -0.338. The molecule has 1 fully saturated rings. The lowest BCUT2D eigenvalue weighted by Crippen LogP contribution is -2.27. The predicted molar refractivity (Wildman–Crippen MR) is 151 cm³/mol. The van der Waals surface area contributed by atoms with Gasteiger partial charge < -0.3 is 14.2 Å². The minimum atomic E-state index is -0.570. The highest BCUT2D eigenvalue weighted by Crippen LogP contribution is 2.38. The number of carbonyl (C=O) groups excluding carboxylic acids is 3. The van der Waals surface area contributed by atoms with Crippen LogP contribution in [0.5, 0.6) is 17.2 Å². The summed E-state index contributed by atoms with van der Waals surface area (Å²) in [7, 11) is 1.53. The first-order valence-electron chi connectivity index (χ1n) is 11.2. The highest BCUT2D eigenvalue weighted by atomic mass is 127. The highest BCUT2D eigenvalue weighted by molar-refractivity contribution is 14.1. The van der Waals surface area contributed by atoms with E-state index in [1.54, 1.807) is 49.4 Å². The summed E-state index contributed by atoms with van der Waals surface area (Å²) in [6, 6.07) is 13.6. The second-order valence-corrected chi connectivity index (χ2v) is 10.4. The minimum Gasteiger partial charge on any atom is -0.497 e. The molecule has 0 saturated carbocycles. The minimum absolute atomic E-state index is 0.0803. The number of amides is 2. The second kappa shape index (κ2) is 12.2. The molecule has 3 aromatic rings. The third kappa shape index (κ3) is 6.30. The van der Waals surface area contributed by atoms with Crippen molar-refractivity contribution in [2.24, 2.45) is 0 Å². The maximum absolute atomic E-state index is 13.4. The number of benzene rings is 3. The molecule has 7 nitrogen and oxygen atoms in total. The van der Waals surface area contributed by atoms with Gasteiger partial charge in [-0.2, -0.15) is 0 Å². The number of rotatable bonds is 8. The molecule has 11 heteroatoms. The van der Waals surface area contributed by atoms with Crippen molar-refractivity contribution in [1.29, 1.82) is 0 Å². The highest BCUT2D eigenvalue weighted by Gasteiger charge is 2.35. The summed E-state index contributed by atoms with van der Waals surface area (Å²) in [4.78, 5) is 39.6. The molecule has 1 aliphatic rings. The number of nitrogens with zero attached hydrogens (tertiary/aromatic N) is 1. The average Bonchev–Trinajstić information content (AvgIpc) is 3.14. The Kier molecular flexibility index (Phi) is 8.95. The molecule has 1 heterocycles. The van der Waals surface area contributed by atoms with E-state index in [-0.39, 0.29) is 22.2 Å². The molecule has 38 heavy (non-hydrogen) atoms. The molecule has 0 N–H and O–H groups in total. The van der Waals surface area contributed by atoms with Crippen LogP contribution in [0.4, 0.5) is 9.18 Å². The molecule has 1 saturated heterocycles. The average molecular weight is 668 g/mol. The number of hydrogen-bond acceptors (Lipinski definition) is 7. The van der Waals surface area contributed by atoms with Crippen LogP contribution < -0.4 is 14.2 Å². The van der Waals surface area contributed by atoms with Gasteiger partial charge in [-0.3, -0.25) is 14.5 Å². The summed E-state index contributed by atoms with van der Waals surface area (Å²) in [5.74, 6) is -0.413. The van der Waals surface area contributed by atoms with Crippen LogP contribution in [0.3, 0.4) is 0 Å². The molecule has 0 radical (unpaired) electrons. The van der Waals surface area contributed by atoms with Crippen LogP contribution >= 0.6 is 46.0 Å². The zero-order chi connectivity index (χ0) is 27.4. The van der Waals surface area contributed by atoms with Crippen LogP contribution in [0.1, 0.15) is 28.4 Å². The molecule has 3 aromatic carbocycles. The number of ether oxygens (including phenoxy) is 3. The maximum Gasteiger partial charge on any atom is 0.343 e. The van der Waals surface area contributed by atoms with Crippen molar-refractivity contribution in [1.82, 2.24) is 4.90 Å². The Labute approximate surface area is 241 Å². The van der Waals surface area contributed by atoms with Gasteiger partial charge in [-0.15, -0.1) is 0 Å². The number of methoxy groups -OCH3 is 1. The Bertz CT molecular complexity index is 1450. The second-order valence-electron chi connectivity index (χ2n) is 7.88. The van der Waals surface area contributed by atoms with Crippen molar-refractivity contribution in [3.8, 4) is 17.2 Å². The van der Waals surface area contributed by atoms with Gasteiger partial charge in [0.25, 0.3) is 11.1 Å². The van der Waals surface area contributed by atoms with E-state index < -0.39 is 22.9 Å². The number of halogens is 3. The Balaban J connectivity index is 1.57. The zero-order valence-corrected chi connectivity index (χ0v) is 23.9. The van der Waals surface area contributed by atoms with Crippen LogP contribution in [0.25, 0.3) is 6.08 Å². The largest absolute Gasteiger partial charge is 0.497 e. The van der Waals surface area contributed by atoms with Crippen molar-refractivity contribution < 1.29 is 33.0 Å². The third-order valence-electron chi connectivity index (χ3n) is 5.37. The van der Waals surface area contributed by atoms with E-state index in [2.05, 4.69) is 0 Å². The zero-order valence-electron chi connectivity index (χ0n) is 20.1. The molecule has 0 bridgehead atoms. The monoisotopic (exact) mass is 667 g/mol. The molecule has 196 valence electrons. The van der Waals surface area contributed by atoms with Gasteiger partial charge in [0, 0.05) is 5.02 Å². The maximum atomic E-state index is 13.4. The van der Waals surface area contributed by atoms with Gasteiger partial charge in [-0.25, -0.2) is 9.18 Å². The lowest BCUT2D eigenvalue weighted by molar-refractivity contribution is -0.123. The van der Waals surface area contributed by atoms with Crippen molar-refractivity contribution >= 4 is 69.1 Å². The molecule has 0 spiro atoms. The van der Waals surface area contributed by atoms with Gasteiger partial charge in [0.2, 0.25) is 0 Å². The van der Waals surface area contributed by atoms with E-state index in [9.17, 15) is 18.8 Å². The van der Waals surface area contributed by atoms with E-state index in [1.165, 1.54) is 19.2 Å². The van der Waals surface area contributed by atoms with Crippen molar-refractivity contribution in [3.05, 3.63) is 90.6 Å². The van der Waals surface area contributed by atoms with E-state index in [0.29, 0.717) is 38.4 Å². The topological polar surface area (TPSA) is 82.1 Å². The molecule has 4 rings (SSSR count). The van der Waals surface area contributed by atoms with E-state index in [0.717, 1.165) is 22.7 Å². The summed E-state index contributed by atoms with van der Waals surface area (Å²) in [6.07, 6.45) is 1.57. The third-order valence-corrected chi connectivity index (χ3v) is 7.43. The lowest BCUT2D eigenvalue weighted by Gasteiger charge is -2.14. The number of hydrogen-bond donors (Lipinski definition) is 0. The van der Waals surface area contributed by atoms with Gasteiger partial charge in [0.05, 0.1) is 34.3 Å². The predicted octanol–water partition coefficient (Wildman–Crippen LogP) is 6.95. The first-order valence-corrected chi connectivity index (χ1v) is 13.5. The Morgan fingerprint density at radius 1 is 1.13 bits per heavy atom. The number of esters is 1. The first-order chi connectivity index (χ1) is 18.2. The standard InChI is InChI=1S/C27H20ClFINO6S/c1-3-36-22-11-15(10-21(30)24(22)37-26(33)16-5-8-19(35-2)9-6-16)12-23-25(32)31(27(34)38-23)14-17-4-7-18(29)13-20(17)28/h4-13H,3,14H2,1-2H3/b23-12-. The van der Waals surface area contributed by atoms with Crippen LogP contribution in [0, 0.1) is 9.39 Å². The summed E-state index contributed by atoms with van der Waals surface area (Å²) in [6.45, 7) is 2.02. The molecule has 0 unspecified atom stereocenters. The fourth-order valence-corrected chi connectivity index (χ4v) is 5.32. The van der Waals surface area contributed by atoms with Gasteiger partial charge in [0.15, 0.2) is 11.5 Å². The summed E-state index contributed by atoms with van der Waals surface area (Å²) >= 11 is 8.87. The number of thioether (sulfide) groups is 1. The lowest BCUT2D eigenvalue weighted by atomic mass is 10.1. The molecule has 0 aliphatic carbocycles. The summed E-state index contributed by atoms with van der Waals surface area (Å²) < 4.78 is 30.4. The molecule has 0 aromatic heterocycles. The Morgan fingerprint density at radius 2 is 1.87 bits per heavy atom. The van der Waals surface area contributed by atoms with Crippen molar-refractivity contribution in [2.75, 3.05) is 13.7 Å². The van der Waals surface area contributed by atoms with Crippen LogP contribution in [0.2, 0.25) is 5.02 Å². The van der Waals surface area contributed by atoms with E-state index in [1.807, 2.05) is 22.6 Å². The van der Waals surface area contributed by atoms with Crippen molar-refractivity contribution in [2.45, 2.75) is 13.5 Å². The first kappa shape index (κ1) is 27.9. The molecular weight excluding hydrogens is 648 g/mol. The van der Waals surface area contributed by atoms with Gasteiger partial charge in [0.1, 0.15) is 11.6 Å². The van der Waals surface area contributed by atoms with Crippen LogP contribution in [-0.4, -0.2) is 35.7 Å². The summed E-state index contributed by atoms with van der Waals surface area (Å²) in [5.41, 5.74) is 1.36. The van der Waals surface area contributed by atoms with Crippen molar-refractivity contribution in [3.63, 3.8) is 0 Å². The normalized spacial score (nSPS) is 14.2. The van der Waals surface area contributed by atoms with E-state index in [4.69, 9.17) is 25.8 Å². The fourth-order valence-electron chi connectivity index (χ4n) is 3.52.